The van der Waals surface area contributed by atoms with E-state index in [1.54, 1.807) is 11.9 Å². The Morgan fingerprint density at radius 1 is 1.33 bits per heavy atom. The largest absolute Gasteiger partial charge is 0.377 e. The highest BCUT2D eigenvalue weighted by Crippen LogP contribution is 2.10. The Morgan fingerprint density at radius 3 is 2.40 bits per heavy atom. The summed E-state index contributed by atoms with van der Waals surface area (Å²) in [5.41, 5.74) is 1.22. The lowest BCUT2D eigenvalue weighted by molar-refractivity contribution is -0.0334. The molecule has 1 fully saturated rings. The molecule has 0 spiro atoms. The summed E-state index contributed by atoms with van der Waals surface area (Å²) in [5, 5.41) is 2.01. The van der Waals surface area contributed by atoms with Gasteiger partial charge in [0, 0.05) is 12.1 Å². The summed E-state index contributed by atoms with van der Waals surface area (Å²) in [4.78, 5) is 0. The highest BCUT2D eigenvalue weighted by Gasteiger charge is 1.94. The minimum Gasteiger partial charge on any atom is -0.377 e. The number of ether oxygens (including phenoxy) is 2. The maximum absolute atomic E-state index is 4.94. The third-order valence-corrected chi connectivity index (χ3v) is 2.42. The Kier molecular flexibility index (Phi) is 7.08. The molecule has 0 bridgehead atoms. The van der Waals surface area contributed by atoms with Crippen LogP contribution in [0.2, 0.25) is 0 Å². The second-order valence-electron chi connectivity index (χ2n) is 2.96. The minimum absolute atomic E-state index is 0.778. The first kappa shape index (κ1) is 12.4. The summed E-state index contributed by atoms with van der Waals surface area (Å²) < 4.78 is 13.0. The van der Waals surface area contributed by atoms with E-state index in [9.17, 15) is 0 Å². The lowest BCUT2D eigenvalue weighted by atomic mass is 10.3. The monoisotopic (exact) mass is 227 g/mol. The lowest BCUT2D eigenvalue weighted by Gasteiger charge is -2.09. The molecule has 0 unspecified atom stereocenters. The Labute approximate surface area is 95.3 Å². The molecule has 2 aliphatic rings. The van der Waals surface area contributed by atoms with Crippen molar-refractivity contribution in [3.05, 3.63) is 35.9 Å². The van der Waals surface area contributed by atoms with Gasteiger partial charge in [-0.3, -0.25) is 0 Å². The first-order valence-electron chi connectivity index (χ1n) is 4.97. The highest BCUT2D eigenvalue weighted by atomic mass is 32.2. The Hall–Kier alpha value is -0.710. The van der Waals surface area contributed by atoms with Gasteiger partial charge in [0.15, 0.2) is 0 Å². The fourth-order valence-corrected chi connectivity index (χ4v) is 1.57. The molecule has 0 aromatic carbocycles. The second-order valence-corrected chi connectivity index (χ2v) is 3.67. The molecule has 0 aliphatic carbocycles. The summed E-state index contributed by atoms with van der Waals surface area (Å²) >= 11 is 1.60. The van der Waals surface area contributed by atoms with Gasteiger partial charge in [-0.25, -0.2) is 0 Å². The van der Waals surface area contributed by atoms with Crippen LogP contribution in [-0.4, -0.2) is 26.4 Å². The van der Waals surface area contributed by atoms with Gasteiger partial charge in [-0.15, -0.1) is 6.58 Å². The molecular weight excluding hydrogens is 210 g/mol. The van der Waals surface area contributed by atoms with Crippen LogP contribution < -0.4 is 4.72 Å². The molecule has 0 aromatic rings. The van der Waals surface area contributed by atoms with E-state index in [1.807, 2.05) is 17.6 Å². The molecule has 0 amide bonds. The summed E-state index contributed by atoms with van der Waals surface area (Å²) in [7, 11) is 0. The van der Waals surface area contributed by atoms with Crippen LogP contribution in [0.15, 0.2) is 35.9 Å². The smallest absolute Gasteiger partial charge is 0.0701 e. The third-order valence-electron chi connectivity index (χ3n) is 1.74. The van der Waals surface area contributed by atoms with Crippen molar-refractivity contribution in [3.63, 3.8) is 0 Å². The van der Waals surface area contributed by atoms with Gasteiger partial charge < -0.3 is 14.2 Å². The molecule has 0 atom stereocenters. The first-order valence-corrected chi connectivity index (χ1v) is 5.85. The standard InChI is InChI=1S/C7H9NS.C4H8O2/c1-2-4-7-5-3-6-9-8-7;1-2-6-4-3-5-1/h2-3,5-6,8H,1,4H2;1-4H2. The van der Waals surface area contributed by atoms with Crippen LogP contribution >= 0.6 is 11.9 Å². The van der Waals surface area contributed by atoms with Crippen molar-refractivity contribution in [2.75, 3.05) is 26.4 Å². The van der Waals surface area contributed by atoms with E-state index < -0.39 is 0 Å². The average molecular weight is 227 g/mol. The van der Waals surface area contributed by atoms with Gasteiger partial charge in [0.1, 0.15) is 0 Å². The van der Waals surface area contributed by atoms with E-state index >= 15 is 0 Å². The predicted molar refractivity (Wildman–Crippen MR) is 64.4 cm³/mol. The zero-order valence-corrected chi connectivity index (χ0v) is 9.59. The van der Waals surface area contributed by atoms with Crippen LogP contribution in [0.25, 0.3) is 0 Å². The summed E-state index contributed by atoms with van der Waals surface area (Å²) in [6.07, 6.45) is 6.90. The summed E-state index contributed by atoms with van der Waals surface area (Å²) in [6.45, 7) is 6.75. The molecule has 0 aromatic heterocycles. The molecule has 2 heterocycles. The van der Waals surface area contributed by atoms with Crippen molar-refractivity contribution < 1.29 is 9.47 Å². The van der Waals surface area contributed by atoms with Gasteiger partial charge in [0.05, 0.1) is 26.4 Å². The van der Waals surface area contributed by atoms with Crippen LogP contribution in [0.4, 0.5) is 0 Å². The minimum atomic E-state index is 0.778. The Morgan fingerprint density at radius 2 is 2.00 bits per heavy atom. The van der Waals surface area contributed by atoms with Crippen LogP contribution in [0.3, 0.4) is 0 Å². The fraction of sp³-hybridized carbons (Fsp3) is 0.455. The molecule has 2 rings (SSSR count). The fourth-order valence-electron chi connectivity index (χ4n) is 1.04. The quantitative estimate of drug-likeness (QED) is 0.579. The molecule has 2 aliphatic heterocycles. The van der Waals surface area contributed by atoms with Crippen molar-refractivity contribution in [2.24, 2.45) is 0 Å². The maximum atomic E-state index is 4.94. The summed E-state index contributed by atoms with van der Waals surface area (Å²) in [6, 6.07) is 0. The van der Waals surface area contributed by atoms with Gasteiger partial charge >= 0.3 is 0 Å². The van der Waals surface area contributed by atoms with Gasteiger partial charge in [0.2, 0.25) is 0 Å². The van der Waals surface area contributed by atoms with Crippen LogP contribution in [0.5, 0.6) is 0 Å². The predicted octanol–water partition coefficient (Wildman–Crippen LogP) is 2.24. The average Bonchev–Trinajstić information content (AvgIpc) is 2.34. The highest BCUT2D eigenvalue weighted by molar-refractivity contribution is 8.00. The first-order chi connectivity index (χ1) is 7.43. The Balaban J connectivity index is 0.000000162. The molecule has 0 saturated carbocycles. The SMILES string of the molecule is C1COCCO1.C=CCC1=CC=CSN1. The number of allylic oxidation sites excluding steroid dienone is 3. The van der Waals surface area contributed by atoms with E-state index in [-0.39, 0.29) is 0 Å². The van der Waals surface area contributed by atoms with E-state index in [4.69, 9.17) is 9.47 Å². The molecule has 84 valence electrons. The molecule has 1 saturated heterocycles. The molecule has 1 N–H and O–H groups in total. The van der Waals surface area contributed by atoms with Gasteiger partial charge in [-0.05, 0) is 23.4 Å². The molecular formula is C11H17NO2S. The van der Waals surface area contributed by atoms with E-state index in [1.165, 1.54) is 5.70 Å². The van der Waals surface area contributed by atoms with Crippen molar-refractivity contribution in [1.29, 1.82) is 0 Å². The maximum Gasteiger partial charge on any atom is 0.0701 e. The summed E-state index contributed by atoms with van der Waals surface area (Å²) in [5.74, 6) is 0. The van der Waals surface area contributed by atoms with Crippen molar-refractivity contribution in [2.45, 2.75) is 6.42 Å². The molecule has 4 heteroatoms. The molecule has 15 heavy (non-hydrogen) atoms. The normalized spacial score (nSPS) is 19.3. The second kappa shape index (κ2) is 8.59. The van der Waals surface area contributed by atoms with Crippen LogP contribution in [-0.2, 0) is 9.47 Å². The van der Waals surface area contributed by atoms with Crippen LogP contribution in [0.1, 0.15) is 6.42 Å². The molecule has 0 radical (unpaired) electrons. The van der Waals surface area contributed by atoms with Gasteiger partial charge in [-0.2, -0.15) is 0 Å². The van der Waals surface area contributed by atoms with Gasteiger partial charge in [0.25, 0.3) is 0 Å². The number of hydrogen-bond acceptors (Lipinski definition) is 4. The van der Waals surface area contributed by atoms with Crippen molar-refractivity contribution >= 4 is 11.9 Å². The zero-order valence-electron chi connectivity index (χ0n) is 8.78. The number of hydrogen-bond donors (Lipinski definition) is 1. The van der Waals surface area contributed by atoms with E-state index in [0.717, 1.165) is 32.8 Å². The zero-order chi connectivity index (χ0) is 10.8. The van der Waals surface area contributed by atoms with Gasteiger partial charge in [-0.1, -0.05) is 12.2 Å². The lowest BCUT2D eigenvalue weighted by Crippen LogP contribution is -2.16. The topological polar surface area (TPSA) is 30.5 Å². The number of rotatable bonds is 2. The van der Waals surface area contributed by atoms with E-state index in [2.05, 4.69) is 17.4 Å². The number of nitrogens with one attached hydrogen (secondary N) is 1. The van der Waals surface area contributed by atoms with Crippen molar-refractivity contribution in [3.8, 4) is 0 Å². The third kappa shape index (κ3) is 6.38. The van der Waals surface area contributed by atoms with Crippen molar-refractivity contribution in [1.82, 2.24) is 4.72 Å². The van der Waals surface area contributed by atoms with Crippen LogP contribution in [0, 0.1) is 0 Å². The molecule has 3 nitrogen and oxygen atoms in total. The van der Waals surface area contributed by atoms with E-state index in [0.29, 0.717) is 0 Å². The Bertz CT molecular complexity index is 223.